The first-order valence-corrected chi connectivity index (χ1v) is 8.05. The van der Waals surface area contributed by atoms with Crippen LogP contribution >= 0.6 is 0 Å². The molecule has 1 unspecified atom stereocenters. The molecule has 18 heavy (non-hydrogen) atoms. The van der Waals surface area contributed by atoms with Crippen molar-refractivity contribution in [2.75, 3.05) is 0 Å². The maximum absolute atomic E-state index is 12.5. The molecule has 1 aliphatic carbocycles. The van der Waals surface area contributed by atoms with E-state index in [2.05, 4.69) is 26.0 Å². The van der Waals surface area contributed by atoms with Gasteiger partial charge in [0, 0.05) is 16.2 Å². The van der Waals surface area contributed by atoms with Crippen LogP contribution in [0.4, 0.5) is 0 Å². The first-order chi connectivity index (χ1) is 8.58. The number of benzene rings is 1. The van der Waals surface area contributed by atoms with Gasteiger partial charge in [0.1, 0.15) is 0 Å². The number of hydrogen-bond donors (Lipinski definition) is 1. The lowest BCUT2D eigenvalue weighted by Crippen LogP contribution is -2.31. The highest BCUT2D eigenvalue weighted by Crippen LogP contribution is 2.26. The largest absolute Gasteiger partial charge is 0.328 e. The van der Waals surface area contributed by atoms with E-state index in [1.807, 2.05) is 12.1 Å². The van der Waals surface area contributed by atoms with E-state index in [0.29, 0.717) is 17.2 Å². The first-order valence-electron chi connectivity index (χ1n) is 6.84. The normalized spacial score (nSPS) is 26.2. The minimum Gasteiger partial charge on any atom is -0.328 e. The average molecular weight is 265 g/mol. The maximum Gasteiger partial charge on any atom is 0.0560 e. The molecule has 2 N–H and O–H groups in total. The van der Waals surface area contributed by atoms with Crippen molar-refractivity contribution in [1.29, 1.82) is 0 Å². The summed E-state index contributed by atoms with van der Waals surface area (Å²) in [6.45, 7) is 4.35. The summed E-state index contributed by atoms with van der Waals surface area (Å²) in [6, 6.07) is 8.58. The van der Waals surface area contributed by atoms with Gasteiger partial charge in [-0.1, -0.05) is 26.0 Å². The minimum atomic E-state index is -0.862. The molecule has 1 aliphatic rings. The molecule has 0 heterocycles. The Morgan fingerprint density at radius 2 is 1.67 bits per heavy atom. The molecule has 0 aromatic heterocycles. The molecular formula is C15H23NOS. The van der Waals surface area contributed by atoms with Gasteiger partial charge in [-0.15, -0.1) is 0 Å². The SMILES string of the molecule is CC(C)c1ccc(S(=O)C2CCC(N)CC2)cc1. The van der Waals surface area contributed by atoms with Crippen molar-refractivity contribution >= 4 is 10.8 Å². The molecule has 100 valence electrons. The summed E-state index contributed by atoms with van der Waals surface area (Å²) >= 11 is 0. The lowest BCUT2D eigenvalue weighted by atomic mass is 9.96. The molecule has 2 nitrogen and oxygen atoms in total. The third kappa shape index (κ3) is 3.21. The number of hydrogen-bond acceptors (Lipinski definition) is 2. The van der Waals surface area contributed by atoms with E-state index in [-0.39, 0.29) is 0 Å². The van der Waals surface area contributed by atoms with Crippen LogP contribution in [-0.4, -0.2) is 15.5 Å². The summed E-state index contributed by atoms with van der Waals surface area (Å²) in [7, 11) is -0.862. The van der Waals surface area contributed by atoms with E-state index in [9.17, 15) is 4.21 Å². The lowest BCUT2D eigenvalue weighted by Gasteiger charge is -2.25. The number of nitrogens with two attached hydrogens (primary N) is 1. The molecule has 1 aromatic carbocycles. The Morgan fingerprint density at radius 1 is 1.11 bits per heavy atom. The van der Waals surface area contributed by atoms with Gasteiger partial charge < -0.3 is 5.73 Å². The smallest absolute Gasteiger partial charge is 0.0560 e. The van der Waals surface area contributed by atoms with Crippen molar-refractivity contribution in [3.8, 4) is 0 Å². The van der Waals surface area contributed by atoms with Crippen LogP contribution in [0.25, 0.3) is 0 Å². The van der Waals surface area contributed by atoms with E-state index in [4.69, 9.17) is 5.73 Å². The van der Waals surface area contributed by atoms with Crippen molar-refractivity contribution in [1.82, 2.24) is 0 Å². The van der Waals surface area contributed by atoms with E-state index in [1.165, 1.54) is 5.56 Å². The van der Waals surface area contributed by atoms with Gasteiger partial charge in [-0.25, -0.2) is 0 Å². The van der Waals surface area contributed by atoms with Crippen molar-refractivity contribution < 1.29 is 4.21 Å². The molecular weight excluding hydrogens is 242 g/mol. The summed E-state index contributed by atoms with van der Waals surface area (Å²) in [6.07, 6.45) is 4.03. The van der Waals surface area contributed by atoms with Crippen molar-refractivity contribution in [3.05, 3.63) is 29.8 Å². The molecule has 0 aliphatic heterocycles. The molecule has 3 heteroatoms. The lowest BCUT2D eigenvalue weighted by molar-refractivity contribution is 0.444. The van der Waals surface area contributed by atoms with Gasteiger partial charge in [0.2, 0.25) is 0 Å². The Hall–Kier alpha value is -0.670. The van der Waals surface area contributed by atoms with Gasteiger partial charge in [0.25, 0.3) is 0 Å². The van der Waals surface area contributed by atoms with Gasteiger partial charge in [0.05, 0.1) is 10.8 Å². The van der Waals surface area contributed by atoms with E-state index < -0.39 is 10.8 Å². The Bertz CT molecular complexity index is 405. The van der Waals surface area contributed by atoms with Crippen molar-refractivity contribution in [2.24, 2.45) is 5.73 Å². The molecule has 1 saturated carbocycles. The Kier molecular flexibility index (Phi) is 4.57. The Labute approximate surface area is 112 Å². The van der Waals surface area contributed by atoms with Crippen LogP contribution in [-0.2, 0) is 10.8 Å². The second-order valence-corrected chi connectivity index (χ2v) is 7.29. The zero-order valence-electron chi connectivity index (χ0n) is 11.3. The van der Waals surface area contributed by atoms with E-state index >= 15 is 0 Å². The molecule has 0 saturated heterocycles. The predicted octanol–water partition coefficient (Wildman–Crippen LogP) is 3.19. The standard InChI is InChI=1S/C15H23NOS/c1-11(2)12-3-7-14(8-4-12)18(17)15-9-5-13(16)6-10-15/h3-4,7-8,11,13,15H,5-6,9-10,16H2,1-2H3. The minimum absolute atomic E-state index is 0.301. The Morgan fingerprint density at radius 3 is 2.17 bits per heavy atom. The highest BCUT2D eigenvalue weighted by Gasteiger charge is 2.24. The number of rotatable bonds is 3. The third-order valence-corrected chi connectivity index (χ3v) is 5.61. The van der Waals surface area contributed by atoms with Crippen LogP contribution in [0.2, 0.25) is 0 Å². The molecule has 0 spiro atoms. The highest BCUT2D eigenvalue weighted by atomic mass is 32.2. The summed E-state index contributed by atoms with van der Waals surface area (Å²) in [5, 5.41) is 0.301. The summed E-state index contributed by atoms with van der Waals surface area (Å²) in [4.78, 5) is 0.972. The Balaban J connectivity index is 2.04. The fourth-order valence-electron chi connectivity index (χ4n) is 2.48. The summed E-state index contributed by atoms with van der Waals surface area (Å²) in [5.74, 6) is 0.528. The summed E-state index contributed by atoms with van der Waals surface area (Å²) in [5.41, 5.74) is 7.20. The van der Waals surface area contributed by atoms with Crippen molar-refractivity contribution in [2.45, 2.75) is 61.6 Å². The van der Waals surface area contributed by atoms with Crippen LogP contribution < -0.4 is 5.73 Å². The quantitative estimate of drug-likeness (QED) is 0.912. The molecule has 1 fully saturated rings. The highest BCUT2D eigenvalue weighted by molar-refractivity contribution is 7.85. The topological polar surface area (TPSA) is 43.1 Å². The van der Waals surface area contributed by atoms with Crippen LogP contribution in [0.15, 0.2) is 29.2 Å². The zero-order chi connectivity index (χ0) is 13.1. The van der Waals surface area contributed by atoms with Crippen LogP contribution in [0.1, 0.15) is 51.0 Å². The molecule has 0 amide bonds. The van der Waals surface area contributed by atoms with Gasteiger partial charge in [-0.05, 0) is 49.3 Å². The van der Waals surface area contributed by atoms with Gasteiger partial charge >= 0.3 is 0 Å². The van der Waals surface area contributed by atoms with Crippen LogP contribution in [0.3, 0.4) is 0 Å². The predicted molar refractivity (Wildman–Crippen MR) is 77.2 cm³/mol. The fourth-order valence-corrected chi connectivity index (χ4v) is 3.97. The van der Waals surface area contributed by atoms with Gasteiger partial charge in [-0.3, -0.25) is 4.21 Å². The monoisotopic (exact) mass is 265 g/mol. The van der Waals surface area contributed by atoms with Crippen LogP contribution in [0, 0.1) is 0 Å². The van der Waals surface area contributed by atoms with Crippen molar-refractivity contribution in [3.63, 3.8) is 0 Å². The first kappa shape index (κ1) is 13.8. The maximum atomic E-state index is 12.5. The molecule has 1 atom stereocenters. The van der Waals surface area contributed by atoms with E-state index in [0.717, 1.165) is 30.6 Å². The average Bonchev–Trinajstić information content (AvgIpc) is 2.39. The second-order valence-electron chi connectivity index (χ2n) is 5.56. The third-order valence-electron chi connectivity index (χ3n) is 3.80. The molecule has 2 rings (SSSR count). The zero-order valence-corrected chi connectivity index (χ0v) is 12.1. The fraction of sp³-hybridized carbons (Fsp3) is 0.600. The van der Waals surface area contributed by atoms with Crippen LogP contribution in [0.5, 0.6) is 0 Å². The molecule has 1 aromatic rings. The summed E-state index contributed by atoms with van der Waals surface area (Å²) < 4.78 is 12.5. The van der Waals surface area contributed by atoms with Gasteiger partial charge in [0.15, 0.2) is 0 Å². The molecule has 0 radical (unpaired) electrons. The second kappa shape index (κ2) is 5.98. The van der Waals surface area contributed by atoms with E-state index in [1.54, 1.807) is 0 Å². The van der Waals surface area contributed by atoms with Gasteiger partial charge in [-0.2, -0.15) is 0 Å². The molecule has 0 bridgehead atoms.